The molecule has 0 radical (unpaired) electrons. The highest BCUT2D eigenvalue weighted by Crippen LogP contribution is 2.42. The highest BCUT2D eigenvalue weighted by Gasteiger charge is 2.25. The molecule has 3 heterocycles. The van der Waals surface area contributed by atoms with Gasteiger partial charge in [0.25, 0.3) is 0 Å². The average Bonchev–Trinajstić information content (AvgIpc) is 2.71. The molecule has 0 saturated heterocycles. The van der Waals surface area contributed by atoms with Crippen molar-refractivity contribution in [2.45, 2.75) is 27.7 Å². The smallest absolute Gasteiger partial charge is 0.161 e. The van der Waals surface area contributed by atoms with Gasteiger partial charge in [-0.1, -0.05) is 12.1 Å². The van der Waals surface area contributed by atoms with Gasteiger partial charge < -0.3 is 9.64 Å². The van der Waals surface area contributed by atoms with Gasteiger partial charge in [0.05, 0.1) is 29.3 Å². The Hall–Kier alpha value is -3.21. The number of pyridine rings is 2. The van der Waals surface area contributed by atoms with E-state index in [0.29, 0.717) is 6.61 Å². The number of fused-ring (bicyclic) bond motifs is 2. The first-order valence-corrected chi connectivity index (χ1v) is 9.55. The third kappa shape index (κ3) is 3.03. The largest absolute Gasteiger partial charge is 0.490 e. The molecule has 5 nitrogen and oxygen atoms in total. The number of allylic oxidation sites excluding steroid dienone is 1. The molecule has 0 amide bonds. The molecule has 1 aliphatic heterocycles. The summed E-state index contributed by atoms with van der Waals surface area (Å²) in [6.07, 6.45) is 5.57. The predicted molar refractivity (Wildman–Crippen MR) is 116 cm³/mol. The fourth-order valence-corrected chi connectivity index (χ4v) is 3.74. The number of benzene rings is 1. The number of aryl methyl sites for hydroxylation is 1. The number of aromatic nitrogens is 2. The summed E-state index contributed by atoms with van der Waals surface area (Å²) < 4.78 is 5.91. The molecule has 0 saturated carbocycles. The van der Waals surface area contributed by atoms with E-state index in [2.05, 4.69) is 46.9 Å². The second-order valence-corrected chi connectivity index (χ2v) is 6.84. The Labute approximate surface area is 165 Å². The highest BCUT2D eigenvalue weighted by molar-refractivity contribution is 5.97. The molecule has 28 heavy (non-hydrogen) atoms. The van der Waals surface area contributed by atoms with Gasteiger partial charge in [-0.3, -0.25) is 4.99 Å². The van der Waals surface area contributed by atoms with Crippen LogP contribution in [0.15, 0.2) is 47.6 Å². The van der Waals surface area contributed by atoms with Crippen LogP contribution in [0.2, 0.25) is 0 Å². The van der Waals surface area contributed by atoms with Crippen molar-refractivity contribution in [2.75, 3.05) is 18.1 Å². The van der Waals surface area contributed by atoms with Gasteiger partial charge in [0.1, 0.15) is 12.4 Å². The maximum atomic E-state index is 5.91. The lowest BCUT2D eigenvalue weighted by Crippen LogP contribution is -2.29. The van der Waals surface area contributed by atoms with Crippen molar-refractivity contribution in [3.8, 4) is 5.75 Å². The molecule has 3 aromatic rings. The lowest BCUT2D eigenvalue weighted by Gasteiger charge is -2.33. The molecule has 0 N–H and O–H groups in total. The minimum absolute atomic E-state index is 0.637. The van der Waals surface area contributed by atoms with Crippen LogP contribution in [0, 0.1) is 13.8 Å². The van der Waals surface area contributed by atoms with Crippen LogP contribution >= 0.6 is 0 Å². The minimum Gasteiger partial charge on any atom is -0.490 e. The molecular weight excluding hydrogens is 348 g/mol. The summed E-state index contributed by atoms with van der Waals surface area (Å²) >= 11 is 0. The maximum Gasteiger partial charge on any atom is 0.161 e. The molecule has 1 aromatic carbocycles. The van der Waals surface area contributed by atoms with Gasteiger partial charge >= 0.3 is 0 Å². The zero-order chi connectivity index (χ0) is 19.7. The first kappa shape index (κ1) is 18.2. The van der Waals surface area contributed by atoms with Crippen molar-refractivity contribution in [1.82, 2.24) is 9.97 Å². The second kappa shape index (κ2) is 7.43. The third-order valence-electron chi connectivity index (χ3n) is 5.00. The Morgan fingerprint density at radius 3 is 2.86 bits per heavy atom. The standard InChI is InChI=1S/C23H24N4O/c1-5-18(24-6-2)21-16(4)22(17-8-7-11-25-23(17)26-21)27-12-13-28-20-10-9-15(3)14-19(20)27/h5-11,14H,12-13H2,1-4H3. The van der Waals surface area contributed by atoms with Crippen molar-refractivity contribution in [2.24, 2.45) is 4.99 Å². The van der Waals surface area contributed by atoms with E-state index >= 15 is 0 Å². The Bertz CT molecular complexity index is 1100. The van der Waals surface area contributed by atoms with Gasteiger partial charge in [-0.15, -0.1) is 0 Å². The topological polar surface area (TPSA) is 50.6 Å². The molecule has 0 fully saturated rings. The summed E-state index contributed by atoms with van der Waals surface area (Å²) in [4.78, 5) is 16.2. The normalized spacial score (nSPS) is 14.4. The molecule has 4 rings (SSSR count). The molecule has 2 aromatic heterocycles. The van der Waals surface area contributed by atoms with Gasteiger partial charge in [0.15, 0.2) is 5.65 Å². The van der Waals surface area contributed by atoms with Crippen LogP contribution in [0.4, 0.5) is 11.4 Å². The monoisotopic (exact) mass is 372 g/mol. The summed E-state index contributed by atoms with van der Waals surface area (Å²) in [5.41, 5.74) is 6.94. The first-order valence-electron chi connectivity index (χ1n) is 9.55. The number of ether oxygens (including phenoxy) is 1. The van der Waals surface area contributed by atoms with E-state index in [1.165, 1.54) is 5.56 Å². The zero-order valence-corrected chi connectivity index (χ0v) is 16.7. The number of aliphatic imine (C=N–C) groups is 1. The van der Waals surface area contributed by atoms with Gasteiger partial charge in [0, 0.05) is 23.4 Å². The van der Waals surface area contributed by atoms with E-state index in [-0.39, 0.29) is 0 Å². The van der Waals surface area contributed by atoms with E-state index in [9.17, 15) is 0 Å². The minimum atomic E-state index is 0.637. The highest BCUT2D eigenvalue weighted by atomic mass is 16.5. The van der Waals surface area contributed by atoms with Crippen LogP contribution < -0.4 is 9.64 Å². The Kier molecular flexibility index (Phi) is 4.82. The Morgan fingerprint density at radius 1 is 1.21 bits per heavy atom. The molecule has 0 aliphatic carbocycles. The van der Waals surface area contributed by atoms with Crippen LogP contribution in [0.3, 0.4) is 0 Å². The van der Waals surface area contributed by atoms with Crippen molar-refractivity contribution in [3.63, 3.8) is 0 Å². The molecule has 0 atom stereocenters. The molecule has 0 spiro atoms. The lowest BCUT2D eigenvalue weighted by molar-refractivity contribution is 0.314. The fraction of sp³-hybridized carbons (Fsp3) is 0.261. The summed E-state index contributed by atoms with van der Waals surface area (Å²) in [6, 6.07) is 10.4. The van der Waals surface area contributed by atoms with Gasteiger partial charge in [-0.25, -0.2) is 9.97 Å². The predicted octanol–water partition coefficient (Wildman–Crippen LogP) is 5.23. The summed E-state index contributed by atoms with van der Waals surface area (Å²) in [5, 5.41) is 1.04. The van der Waals surface area contributed by atoms with Crippen LogP contribution in [-0.4, -0.2) is 29.3 Å². The van der Waals surface area contributed by atoms with E-state index in [0.717, 1.165) is 51.7 Å². The number of rotatable bonds is 3. The summed E-state index contributed by atoms with van der Waals surface area (Å²) in [6.45, 7) is 9.53. The summed E-state index contributed by atoms with van der Waals surface area (Å²) in [5.74, 6) is 0.907. The van der Waals surface area contributed by atoms with Crippen LogP contribution in [-0.2, 0) is 0 Å². The van der Waals surface area contributed by atoms with E-state index < -0.39 is 0 Å². The average molecular weight is 372 g/mol. The number of hydrogen-bond acceptors (Lipinski definition) is 5. The molecule has 1 aliphatic rings. The van der Waals surface area contributed by atoms with Crippen molar-refractivity contribution in [1.29, 1.82) is 0 Å². The van der Waals surface area contributed by atoms with Crippen molar-refractivity contribution >= 4 is 34.3 Å². The SMILES string of the molecule is CC=NC(=CC)c1nc2ncccc2c(N2CCOc3ccc(C)cc32)c1C. The lowest BCUT2D eigenvalue weighted by atomic mass is 10.0. The number of nitrogens with zero attached hydrogens (tertiary/aromatic N) is 4. The molecule has 0 unspecified atom stereocenters. The molecule has 5 heteroatoms. The van der Waals surface area contributed by atoms with Crippen LogP contribution in [0.25, 0.3) is 16.7 Å². The van der Waals surface area contributed by atoms with Crippen LogP contribution in [0.1, 0.15) is 30.7 Å². The second-order valence-electron chi connectivity index (χ2n) is 6.84. The fourth-order valence-electron chi connectivity index (χ4n) is 3.74. The number of anilines is 2. The quantitative estimate of drug-likeness (QED) is 0.591. The van der Waals surface area contributed by atoms with E-state index in [1.54, 1.807) is 12.4 Å². The van der Waals surface area contributed by atoms with Crippen LogP contribution in [0.5, 0.6) is 5.75 Å². The number of hydrogen-bond donors (Lipinski definition) is 0. The van der Waals surface area contributed by atoms with E-state index in [1.807, 2.05) is 32.1 Å². The Morgan fingerprint density at radius 2 is 2.07 bits per heavy atom. The first-order chi connectivity index (χ1) is 13.6. The molecular formula is C23H24N4O. The van der Waals surface area contributed by atoms with Gasteiger partial charge in [-0.05, 0) is 57.5 Å². The van der Waals surface area contributed by atoms with Gasteiger partial charge in [-0.2, -0.15) is 0 Å². The maximum absolute atomic E-state index is 5.91. The van der Waals surface area contributed by atoms with Gasteiger partial charge in [0.2, 0.25) is 0 Å². The van der Waals surface area contributed by atoms with Crippen molar-refractivity contribution < 1.29 is 4.74 Å². The molecule has 142 valence electrons. The zero-order valence-electron chi connectivity index (χ0n) is 16.7. The summed E-state index contributed by atoms with van der Waals surface area (Å²) in [7, 11) is 0. The third-order valence-corrected chi connectivity index (χ3v) is 5.00. The van der Waals surface area contributed by atoms with Crippen molar-refractivity contribution in [3.05, 3.63) is 59.4 Å². The Balaban J connectivity index is 2.02. The molecule has 0 bridgehead atoms. The van der Waals surface area contributed by atoms with E-state index in [4.69, 9.17) is 9.72 Å².